The Bertz CT molecular complexity index is 457. The molecule has 0 saturated carbocycles. The van der Waals surface area contributed by atoms with Crippen molar-refractivity contribution in [2.75, 3.05) is 29.9 Å². The topological polar surface area (TPSA) is 81.4 Å². The van der Waals surface area contributed by atoms with E-state index in [1.807, 2.05) is 0 Å². The summed E-state index contributed by atoms with van der Waals surface area (Å²) in [5.74, 6) is -0.0717. The SMILES string of the molecule is COCCS(=O)(=O)Nc1cccc(N)c1C. The average Bonchev–Trinajstić information content (AvgIpc) is 2.22. The summed E-state index contributed by atoms with van der Waals surface area (Å²) in [5, 5.41) is 0. The van der Waals surface area contributed by atoms with E-state index in [1.54, 1.807) is 25.1 Å². The van der Waals surface area contributed by atoms with Gasteiger partial charge in [0.25, 0.3) is 0 Å². The van der Waals surface area contributed by atoms with Gasteiger partial charge in [-0.05, 0) is 24.6 Å². The fourth-order valence-electron chi connectivity index (χ4n) is 1.18. The van der Waals surface area contributed by atoms with Crippen molar-refractivity contribution < 1.29 is 13.2 Å². The Morgan fingerprint density at radius 3 is 2.75 bits per heavy atom. The molecular formula is C10H16N2O3S. The second kappa shape index (κ2) is 5.18. The lowest BCUT2D eigenvalue weighted by Gasteiger charge is -2.11. The number of methoxy groups -OCH3 is 1. The minimum Gasteiger partial charge on any atom is -0.398 e. The molecule has 5 nitrogen and oxygen atoms in total. The van der Waals surface area contributed by atoms with E-state index < -0.39 is 10.0 Å². The van der Waals surface area contributed by atoms with Crippen LogP contribution in [0.3, 0.4) is 0 Å². The number of rotatable bonds is 5. The molecule has 6 heteroatoms. The molecule has 0 radical (unpaired) electrons. The molecule has 0 heterocycles. The maximum absolute atomic E-state index is 11.6. The zero-order chi connectivity index (χ0) is 12.2. The number of hydrogen-bond acceptors (Lipinski definition) is 4. The molecule has 1 rings (SSSR count). The van der Waals surface area contributed by atoms with Gasteiger partial charge in [0, 0.05) is 12.8 Å². The van der Waals surface area contributed by atoms with Gasteiger partial charge in [-0.2, -0.15) is 0 Å². The monoisotopic (exact) mass is 244 g/mol. The number of anilines is 2. The third-order valence-electron chi connectivity index (χ3n) is 2.20. The summed E-state index contributed by atoms with van der Waals surface area (Å²) in [5.41, 5.74) is 7.48. The van der Waals surface area contributed by atoms with Crippen LogP contribution in [-0.4, -0.2) is 27.9 Å². The number of benzene rings is 1. The zero-order valence-corrected chi connectivity index (χ0v) is 10.2. The van der Waals surface area contributed by atoms with Crippen LogP contribution in [0.2, 0.25) is 0 Å². The molecular weight excluding hydrogens is 228 g/mol. The molecule has 0 bridgehead atoms. The van der Waals surface area contributed by atoms with Crippen LogP contribution in [0, 0.1) is 6.92 Å². The molecule has 0 spiro atoms. The van der Waals surface area contributed by atoms with Gasteiger partial charge in [0.15, 0.2) is 0 Å². The number of ether oxygens (including phenoxy) is 1. The lowest BCUT2D eigenvalue weighted by molar-refractivity contribution is 0.217. The molecule has 0 amide bonds. The maximum Gasteiger partial charge on any atom is 0.235 e. The maximum atomic E-state index is 11.6. The molecule has 1 aromatic carbocycles. The molecule has 0 fully saturated rings. The summed E-state index contributed by atoms with van der Waals surface area (Å²) in [4.78, 5) is 0. The van der Waals surface area contributed by atoms with Gasteiger partial charge in [0.05, 0.1) is 18.0 Å². The van der Waals surface area contributed by atoms with Gasteiger partial charge < -0.3 is 10.5 Å². The lowest BCUT2D eigenvalue weighted by atomic mass is 10.2. The molecule has 0 aliphatic carbocycles. The predicted octanol–water partition coefficient (Wildman–Crippen LogP) is 0.965. The molecule has 0 unspecified atom stereocenters. The van der Waals surface area contributed by atoms with Crippen LogP contribution in [0.25, 0.3) is 0 Å². The Morgan fingerprint density at radius 1 is 1.44 bits per heavy atom. The van der Waals surface area contributed by atoms with Gasteiger partial charge in [0.2, 0.25) is 10.0 Å². The number of nitrogens with two attached hydrogens (primary N) is 1. The zero-order valence-electron chi connectivity index (χ0n) is 9.36. The van der Waals surface area contributed by atoms with Crippen LogP contribution in [0.15, 0.2) is 18.2 Å². The van der Waals surface area contributed by atoms with Crippen LogP contribution >= 0.6 is 0 Å². The first-order valence-electron chi connectivity index (χ1n) is 4.81. The van der Waals surface area contributed by atoms with E-state index in [1.165, 1.54) is 7.11 Å². The summed E-state index contributed by atoms with van der Waals surface area (Å²) in [6.07, 6.45) is 0. The predicted molar refractivity (Wildman–Crippen MR) is 64.9 cm³/mol. The van der Waals surface area contributed by atoms with Crippen molar-refractivity contribution in [3.8, 4) is 0 Å². The second-order valence-electron chi connectivity index (χ2n) is 3.43. The molecule has 3 N–H and O–H groups in total. The van der Waals surface area contributed by atoms with E-state index in [0.717, 1.165) is 5.56 Å². The van der Waals surface area contributed by atoms with E-state index in [2.05, 4.69) is 4.72 Å². The standard InChI is InChI=1S/C10H16N2O3S/c1-8-9(11)4-3-5-10(8)12-16(13,14)7-6-15-2/h3-5,12H,6-7,11H2,1-2H3. The van der Waals surface area contributed by atoms with Crippen LogP contribution in [-0.2, 0) is 14.8 Å². The van der Waals surface area contributed by atoms with Crippen LogP contribution in [0.4, 0.5) is 11.4 Å². The van der Waals surface area contributed by atoms with Crippen LogP contribution < -0.4 is 10.5 Å². The minimum atomic E-state index is -3.37. The Labute approximate surface area is 95.7 Å². The van der Waals surface area contributed by atoms with Crippen LogP contribution in [0.5, 0.6) is 0 Å². The summed E-state index contributed by atoms with van der Waals surface area (Å²) in [6, 6.07) is 5.11. The van der Waals surface area contributed by atoms with E-state index in [-0.39, 0.29) is 12.4 Å². The summed E-state index contributed by atoms with van der Waals surface area (Å²) in [6.45, 7) is 1.93. The van der Waals surface area contributed by atoms with Gasteiger partial charge >= 0.3 is 0 Å². The van der Waals surface area contributed by atoms with Crippen molar-refractivity contribution in [3.05, 3.63) is 23.8 Å². The van der Waals surface area contributed by atoms with Gasteiger partial charge in [-0.1, -0.05) is 6.07 Å². The first kappa shape index (κ1) is 12.8. The molecule has 0 aliphatic heterocycles. The summed E-state index contributed by atoms with van der Waals surface area (Å²) >= 11 is 0. The summed E-state index contributed by atoms with van der Waals surface area (Å²) in [7, 11) is -1.91. The Kier molecular flexibility index (Phi) is 4.14. The molecule has 1 aromatic rings. The first-order valence-corrected chi connectivity index (χ1v) is 6.46. The molecule has 0 atom stereocenters. The third-order valence-corrected chi connectivity index (χ3v) is 3.43. The Hall–Kier alpha value is -1.27. The number of sulfonamides is 1. The molecule has 0 saturated heterocycles. The number of nitrogen functional groups attached to an aromatic ring is 1. The van der Waals surface area contributed by atoms with Crippen molar-refractivity contribution in [1.29, 1.82) is 0 Å². The number of hydrogen-bond donors (Lipinski definition) is 2. The summed E-state index contributed by atoms with van der Waals surface area (Å²) < 4.78 is 30.4. The third kappa shape index (κ3) is 3.39. The van der Waals surface area contributed by atoms with Crippen molar-refractivity contribution in [2.45, 2.75) is 6.92 Å². The largest absolute Gasteiger partial charge is 0.398 e. The van der Waals surface area contributed by atoms with Crippen molar-refractivity contribution in [2.24, 2.45) is 0 Å². The molecule has 90 valence electrons. The smallest absolute Gasteiger partial charge is 0.235 e. The first-order chi connectivity index (χ1) is 7.46. The highest BCUT2D eigenvalue weighted by molar-refractivity contribution is 7.92. The highest BCUT2D eigenvalue weighted by Crippen LogP contribution is 2.21. The highest BCUT2D eigenvalue weighted by Gasteiger charge is 2.11. The lowest BCUT2D eigenvalue weighted by Crippen LogP contribution is -2.20. The fraction of sp³-hybridized carbons (Fsp3) is 0.400. The van der Waals surface area contributed by atoms with E-state index >= 15 is 0 Å². The van der Waals surface area contributed by atoms with Gasteiger partial charge in [-0.15, -0.1) is 0 Å². The quantitative estimate of drug-likeness (QED) is 0.756. The van der Waals surface area contributed by atoms with Crippen LogP contribution in [0.1, 0.15) is 5.56 Å². The Balaban J connectivity index is 2.84. The van der Waals surface area contributed by atoms with Gasteiger partial charge in [-0.25, -0.2) is 8.42 Å². The normalized spacial score (nSPS) is 11.4. The van der Waals surface area contributed by atoms with Crippen molar-refractivity contribution in [3.63, 3.8) is 0 Å². The Morgan fingerprint density at radius 2 is 2.12 bits per heavy atom. The van der Waals surface area contributed by atoms with Crippen molar-refractivity contribution in [1.82, 2.24) is 0 Å². The van der Waals surface area contributed by atoms with Gasteiger partial charge in [0.1, 0.15) is 0 Å². The van der Waals surface area contributed by atoms with Crippen molar-refractivity contribution >= 4 is 21.4 Å². The number of nitrogens with one attached hydrogen (secondary N) is 1. The van der Waals surface area contributed by atoms with E-state index in [0.29, 0.717) is 11.4 Å². The molecule has 16 heavy (non-hydrogen) atoms. The fourth-order valence-corrected chi connectivity index (χ4v) is 2.22. The highest BCUT2D eigenvalue weighted by atomic mass is 32.2. The molecule has 0 aromatic heterocycles. The van der Waals surface area contributed by atoms with E-state index in [9.17, 15) is 8.42 Å². The van der Waals surface area contributed by atoms with Gasteiger partial charge in [-0.3, -0.25) is 4.72 Å². The molecule has 0 aliphatic rings. The second-order valence-corrected chi connectivity index (χ2v) is 5.28. The van der Waals surface area contributed by atoms with E-state index in [4.69, 9.17) is 10.5 Å². The average molecular weight is 244 g/mol. The minimum absolute atomic E-state index is 0.0717.